The molecule has 1 saturated heterocycles. The first-order valence-corrected chi connectivity index (χ1v) is 20.4. The van der Waals surface area contributed by atoms with E-state index in [4.69, 9.17) is 38.3 Å². The van der Waals surface area contributed by atoms with Crippen LogP contribution in [0.5, 0.6) is 11.6 Å². The molecule has 1 aromatic heterocycles. The second-order valence-electron chi connectivity index (χ2n) is 15.3. The van der Waals surface area contributed by atoms with Crippen LogP contribution >= 0.6 is 0 Å². The number of benzene rings is 5. The zero-order chi connectivity index (χ0) is 42.8. The van der Waals surface area contributed by atoms with Crippen LogP contribution in [0, 0.1) is 18.6 Å². The molecule has 7 rings (SSSR count). The lowest BCUT2D eigenvalue weighted by Gasteiger charge is -2.49. The van der Waals surface area contributed by atoms with Crippen LogP contribution in [-0.4, -0.2) is 59.0 Å². The quantitative estimate of drug-likeness (QED) is 0.0802. The summed E-state index contributed by atoms with van der Waals surface area (Å²) in [5, 5.41) is 17.8. The van der Waals surface area contributed by atoms with Gasteiger partial charge in [-0.15, -0.1) is 5.10 Å². The third-order valence-corrected chi connectivity index (χ3v) is 10.6. The first-order chi connectivity index (χ1) is 29.6. The van der Waals surface area contributed by atoms with Crippen molar-refractivity contribution in [3.8, 4) is 11.6 Å². The molecular formula is C49H52F2N2O8. The van der Waals surface area contributed by atoms with E-state index in [1.54, 1.807) is 4.68 Å². The molecule has 1 fully saturated rings. The average Bonchev–Trinajstić information content (AvgIpc) is 3.57. The van der Waals surface area contributed by atoms with Crippen molar-refractivity contribution in [1.82, 2.24) is 9.78 Å². The third kappa shape index (κ3) is 10.9. The average molecular weight is 835 g/mol. The summed E-state index contributed by atoms with van der Waals surface area (Å²) >= 11 is 0. The van der Waals surface area contributed by atoms with E-state index in [9.17, 15) is 5.11 Å². The summed E-state index contributed by atoms with van der Waals surface area (Å²) in [6.07, 6.45) is -4.38. The summed E-state index contributed by atoms with van der Waals surface area (Å²) in [5.41, 5.74) is 4.60. The number of aromatic nitrogens is 2. The Morgan fingerprint density at radius 3 is 1.74 bits per heavy atom. The summed E-state index contributed by atoms with van der Waals surface area (Å²) in [6, 6.07) is 40.5. The molecule has 1 aliphatic heterocycles. The number of hydrogen-bond donors (Lipinski definition) is 1. The van der Waals surface area contributed by atoms with Crippen LogP contribution in [0.2, 0.25) is 0 Å². The molecular weight excluding hydrogens is 783 g/mol. The predicted octanol–water partition coefficient (Wildman–Crippen LogP) is 9.05. The maximum Gasteiger partial charge on any atom is 0.356 e. The standard InChI is InChI=1S/C49H52F2N2O8/c1-33(2)53-34(3)40(25-39-26-42(51)43(55-4)27-41(39)50)48(52-53)61-49(54)47(59-31-38-23-15-8-16-24-38)46(58-30-37-21-13-7-14-22-37)45(57-29-36-19-11-6-12-20-36)44(60-49)32-56-28-35-17-9-5-10-18-35/h5-24,26-27,33,44-47,54H,25,28-32H2,1-4H3/t44-,45-,46+,47-,49-/m1/s1. The molecule has 0 unspecified atom stereocenters. The molecule has 0 spiro atoms. The highest BCUT2D eigenvalue weighted by molar-refractivity contribution is 5.40. The molecule has 0 aliphatic carbocycles. The lowest BCUT2D eigenvalue weighted by Crippen LogP contribution is -2.69. The molecule has 5 aromatic carbocycles. The molecule has 12 heteroatoms. The lowest BCUT2D eigenvalue weighted by molar-refractivity contribution is -0.436. The van der Waals surface area contributed by atoms with Crippen molar-refractivity contribution < 1.29 is 47.0 Å². The van der Waals surface area contributed by atoms with Crippen molar-refractivity contribution in [1.29, 1.82) is 0 Å². The van der Waals surface area contributed by atoms with Crippen LogP contribution in [0.15, 0.2) is 133 Å². The van der Waals surface area contributed by atoms with E-state index < -0.39 is 42.0 Å². The van der Waals surface area contributed by atoms with Gasteiger partial charge in [0.15, 0.2) is 17.7 Å². The molecule has 10 nitrogen and oxygen atoms in total. The highest BCUT2D eigenvalue weighted by atomic mass is 19.1. The van der Waals surface area contributed by atoms with Gasteiger partial charge in [-0.3, -0.25) is 4.68 Å². The van der Waals surface area contributed by atoms with Crippen molar-refractivity contribution in [2.45, 2.75) is 90.1 Å². The summed E-state index contributed by atoms with van der Waals surface area (Å²) in [7, 11) is 1.27. The van der Waals surface area contributed by atoms with E-state index in [1.165, 1.54) is 7.11 Å². The van der Waals surface area contributed by atoms with Crippen LogP contribution < -0.4 is 9.47 Å². The fourth-order valence-electron chi connectivity index (χ4n) is 7.40. The molecule has 1 N–H and O–H groups in total. The second-order valence-corrected chi connectivity index (χ2v) is 15.3. The number of nitrogens with zero attached hydrogens (tertiary/aromatic N) is 2. The van der Waals surface area contributed by atoms with Gasteiger partial charge in [0.05, 0.1) is 40.1 Å². The normalized spacial score (nSPS) is 20.2. The van der Waals surface area contributed by atoms with Gasteiger partial charge < -0.3 is 38.3 Å². The van der Waals surface area contributed by atoms with Crippen LogP contribution in [0.25, 0.3) is 0 Å². The monoisotopic (exact) mass is 834 g/mol. The van der Waals surface area contributed by atoms with E-state index in [2.05, 4.69) is 0 Å². The van der Waals surface area contributed by atoms with E-state index in [1.807, 2.05) is 142 Å². The minimum Gasteiger partial charge on any atom is -0.494 e. The molecule has 61 heavy (non-hydrogen) atoms. The number of ether oxygens (including phenoxy) is 7. The predicted molar refractivity (Wildman–Crippen MR) is 225 cm³/mol. The van der Waals surface area contributed by atoms with Crippen molar-refractivity contribution in [2.24, 2.45) is 0 Å². The molecule has 320 valence electrons. The Labute approximate surface area is 355 Å². The minimum absolute atomic E-state index is 0.0358. The summed E-state index contributed by atoms with van der Waals surface area (Å²) in [4.78, 5) is 0. The van der Waals surface area contributed by atoms with Gasteiger partial charge in [-0.05, 0) is 54.7 Å². The third-order valence-electron chi connectivity index (χ3n) is 10.6. The molecule has 6 aromatic rings. The number of rotatable bonds is 19. The molecule has 0 amide bonds. The zero-order valence-electron chi connectivity index (χ0n) is 34.8. The van der Waals surface area contributed by atoms with Crippen molar-refractivity contribution in [2.75, 3.05) is 13.7 Å². The van der Waals surface area contributed by atoms with E-state index in [0.717, 1.165) is 34.4 Å². The van der Waals surface area contributed by atoms with Gasteiger partial charge in [0.2, 0.25) is 5.88 Å². The fourth-order valence-corrected chi connectivity index (χ4v) is 7.40. The number of halogens is 2. The van der Waals surface area contributed by atoms with Crippen LogP contribution in [-0.2, 0) is 56.5 Å². The molecule has 1 aliphatic rings. The van der Waals surface area contributed by atoms with Crippen molar-refractivity contribution >= 4 is 0 Å². The Balaban J connectivity index is 1.31. The molecule has 0 saturated carbocycles. The highest BCUT2D eigenvalue weighted by Crippen LogP contribution is 2.39. The van der Waals surface area contributed by atoms with Crippen molar-refractivity contribution in [3.63, 3.8) is 0 Å². The Morgan fingerprint density at radius 2 is 1.21 bits per heavy atom. The lowest BCUT2D eigenvalue weighted by atomic mass is 9.96. The van der Waals surface area contributed by atoms with Crippen molar-refractivity contribution in [3.05, 3.63) is 184 Å². The molecule has 2 heterocycles. The summed E-state index contributed by atoms with van der Waals surface area (Å²) < 4.78 is 77.0. The molecule has 5 atom stereocenters. The van der Waals surface area contributed by atoms with Gasteiger partial charge >= 0.3 is 5.97 Å². The number of aliphatic hydroxyl groups is 1. The van der Waals surface area contributed by atoms with Gasteiger partial charge in [-0.2, -0.15) is 0 Å². The first kappa shape index (κ1) is 43.6. The van der Waals surface area contributed by atoms with Gasteiger partial charge in [-0.25, -0.2) is 8.78 Å². The van der Waals surface area contributed by atoms with Crippen LogP contribution in [0.3, 0.4) is 0 Å². The Kier molecular flexibility index (Phi) is 14.6. The highest BCUT2D eigenvalue weighted by Gasteiger charge is 2.59. The fraction of sp³-hybridized carbons (Fsp3) is 0.327. The van der Waals surface area contributed by atoms with Gasteiger partial charge in [0.1, 0.15) is 24.1 Å². The summed E-state index contributed by atoms with van der Waals surface area (Å²) in [5.74, 6) is -4.28. The first-order valence-electron chi connectivity index (χ1n) is 20.4. The van der Waals surface area contributed by atoms with E-state index in [-0.39, 0.29) is 62.7 Å². The minimum atomic E-state index is -2.59. The smallest absolute Gasteiger partial charge is 0.356 e. The zero-order valence-corrected chi connectivity index (χ0v) is 34.8. The van der Waals surface area contributed by atoms with Gasteiger partial charge in [0.25, 0.3) is 0 Å². The summed E-state index contributed by atoms with van der Waals surface area (Å²) in [6.45, 7) is 6.23. The Morgan fingerprint density at radius 1 is 0.705 bits per heavy atom. The van der Waals surface area contributed by atoms with Crippen LogP contribution in [0.1, 0.15) is 59.0 Å². The molecule has 0 radical (unpaired) electrons. The SMILES string of the molecule is COc1cc(F)c(Cc2c(O[C@]3(O)O[C@H](COCc4ccccc4)[C@@H](OCc4ccccc4)[C@H](OCc4ccccc4)[C@H]3OCc3ccccc3)nn(C(C)C)c2C)cc1F. The maximum atomic E-state index is 15.5. The van der Waals surface area contributed by atoms with Gasteiger partial charge in [-0.1, -0.05) is 121 Å². The number of hydrogen-bond acceptors (Lipinski definition) is 9. The van der Waals surface area contributed by atoms with E-state index >= 15 is 8.78 Å². The number of methoxy groups -OCH3 is 1. The maximum absolute atomic E-state index is 15.5. The Hall–Kier alpha value is -5.47. The molecule has 0 bridgehead atoms. The van der Waals surface area contributed by atoms with E-state index in [0.29, 0.717) is 11.3 Å². The van der Waals surface area contributed by atoms with Gasteiger partial charge in [0, 0.05) is 29.8 Å². The Bertz CT molecular complexity index is 2280. The second kappa shape index (κ2) is 20.4. The largest absolute Gasteiger partial charge is 0.494 e. The topological polar surface area (TPSA) is 103 Å². The van der Waals surface area contributed by atoms with Crippen LogP contribution in [0.4, 0.5) is 8.78 Å².